The third-order valence-electron chi connectivity index (χ3n) is 4.58. The maximum Gasteiger partial charge on any atom is 0.269 e. The molecule has 2 atom stereocenters. The Kier molecular flexibility index (Phi) is 7.21. The van der Waals surface area contributed by atoms with E-state index in [1.807, 2.05) is 0 Å². The minimum atomic E-state index is -1.19. The molecule has 34 heavy (non-hydrogen) atoms. The van der Waals surface area contributed by atoms with E-state index >= 15 is 0 Å². The van der Waals surface area contributed by atoms with Crippen LogP contribution in [-0.2, 0) is 9.53 Å². The van der Waals surface area contributed by atoms with E-state index in [0.29, 0.717) is 21.9 Å². The highest BCUT2D eigenvalue weighted by Crippen LogP contribution is 2.26. The van der Waals surface area contributed by atoms with Crippen molar-refractivity contribution in [3.63, 3.8) is 0 Å². The molecule has 0 saturated heterocycles. The van der Waals surface area contributed by atoms with E-state index in [2.05, 4.69) is 30.4 Å². The monoisotopic (exact) mass is 487 g/mol. The van der Waals surface area contributed by atoms with Crippen LogP contribution in [0.25, 0.3) is 16.9 Å². The summed E-state index contributed by atoms with van der Waals surface area (Å²) in [5, 5.41) is 16.8. The van der Waals surface area contributed by atoms with Gasteiger partial charge in [0, 0.05) is 6.20 Å². The Hall–Kier alpha value is -3.74. The van der Waals surface area contributed by atoms with Gasteiger partial charge in [-0.1, -0.05) is 11.6 Å². The average Bonchev–Trinajstić information content (AvgIpc) is 3.28. The summed E-state index contributed by atoms with van der Waals surface area (Å²) < 4.78 is 25.9. The Bertz CT molecular complexity index is 1290. The zero-order valence-corrected chi connectivity index (χ0v) is 18.6. The van der Waals surface area contributed by atoms with Crippen molar-refractivity contribution in [1.82, 2.24) is 29.7 Å². The second kappa shape index (κ2) is 10.5. The lowest BCUT2D eigenvalue weighted by atomic mass is 10.3. The zero-order valence-electron chi connectivity index (χ0n) is 17.8. The second-order valence-corrected chi connectivity index (χ2v) is 7.47. The van der Waals surface area contributed by atoms with Crippen molar-refractivity contribution in [1.29, 1.82) is 0 Å². The van der Waals surface area contributed by atoms with Gasteiger partial charge in [0.1, 0.15) is 23.3 Å². The van der Waals surface area contributed by atoms with Gasteiger partial charge in [-0.3, -0.25) is 4.79 Å². The summed E-state index contributed by atoms with van der Waals surface area (Å²) in [6, 6.07) is 5.83. The zero-order chi connectivity index (χ0) is 24.1. The second-order valence-electron chi connectivity index (χ2n) is 7.07. The number of pyridine rings is 2. The minimum absolute atomic E-state index is 0.0655. The van der Waals surface area contributed by atoms with Gasteiger partial charge in [0.25, 0.3) is 5.91 Å². The lowest BCUT2D eigenvalue weighted by Crippen LogP contribution is -2.38. The van der Waals surface area contributed by atoms with E-state index in [-0.39, 0.29) is 24.9 Å². The number of amides is 1. The summed E-state index contributed by atoms with van der Waals surface area (Å²) in [5.41, 5.74) is 0.356. The number of anilines is 1. The third-order valence-corrected chi connectivity index (χ3v) is 4.88. The molecule has 4 aromatic rings. The van der Waals surface area contributed by atoms with E-state index in [1.165, 1.54) is 23.3 Å². The van der Waals surface area contributed by atoms with Crippen LogP contribution >= 0.6 is 11.6 Å². The first kappa shape index (κ1) is 23.4. The van der Waals surface area contributed by atoms with Crippen molar-refractivity contribution in [2.24, 2.45) is 0 Å². The van der Waals surface area contributed by atoms with Crippen molar-refractivity contribution in [3.05, 3.63) is 60.0 Å². The molecule has 0 aromatic carbocycles. The number of hydrogen-bond donors (Lipinski definition) is 2. The predicted molar refractivity (Wildman–Crippen MR) is 119 cm³/mol. The van der Waals surface area contributed by atoms with Gasteiger partial charge in [0.2, 0.25) is 12.0 Å². The lowest BCUT2D eigenvalue weighted by Gasteiger charge is -2.20. The first-order valence-electron chi connectivity index (χ1n) is 10.1. The van der Waals surface area contributed by atoms with Gasteiger partial charge in [0.15, 0.2) is 11.5 Å². The van der Waals surface area contributed by atoms with E-state index < -0.39 is 23.9 Å². The third kappa shape index (κ3) is 5.25. The number of carbonyl (C=O) groups excluding carboxylic acids is 1. The molecule has 11 nitrogen and oxygen atoms in total. The van der Waals surface area contributed by atoms with E-state index in [1.54, 1.807) is 25.3 Å². The van der Waals surface area contributed by atoms with Crippen LogP contribution in [0, 0.1) is 5.82 Å². The molecule has 0 aliphatic heterocycles. The van der Waals surface area contributed by atoms with Crippen LogP contribution in [0.2, 0.25) is 5.02 Å². The number of ether oxygens (including phenoxy) is 2. The Balaban J connectivity index is 1.62. The van der Waals surface area contributed by atoms with Crippen LogP contribution in [0.1, 0.15) is 6.92 Å². The Morgan fingerprint density at radius 2 is 2.09 bits per heavy atom. The summed E-state index contributed by atoms with van der Waals surface area (Å²) in [6.45, 7) is 1.18. The van der Waals surface area contributed by atoms with Crippen LogP contribution in [0.3, 0.4) is 0 Å². The Morgan fingerprint density at radius 1 is 1.24 bits per heavy atom. The molecule has 4 rings (SSSR count). The molecule has 2 N–H and O–H groups in total. The fourth-order valence-electron chi connectivity index (χ4n) is 2.86. The number of aromatic nitrogens is 6. The van der Waals surface area contributed by atoms with Gasteiger partial charge in [-0.05, 0) is 31.2 Å². The number of nitrogens with zero attached hydrogens (tertiary/aromatic N) is 6. The summed E-state index contributed by atoms with van der Waals surface area (Å²) in [7, 11) is 0. The van der Waals surface area contributed by atoms with Crippen LogP contribution in [-0.4, -0.2) is 66.2 Å². The topological polar surface area (TPSA) is 137 Å². The maximum absolute atomic E-state index is 13.1. The van der Waals surface area contributed by atoms with Crippen LogP contribution in [0.5, 0.6) is 5.88 Å². The van der Waals surface area contributed by atoms with Crippen molar-refractivity contribution in [3.8, 4) is 11.7 Å². The molecule has 0 radical (unpaired) electrons. The Labute approximate surface area is 197 Å². The molecular weight excluding hydrogens is 469 g/mol. The number of hydrogen-bond acceptors (Lipinski definition) is 9. The highest BCUT2D eigenvalue weighted by Gasteiger charge is 2.25. The number of halogens is 2. The number of carbonyl (C=O) groups is 1. The van der Waals surface area contributed by atoms with Crippen LogP contribution in [0.4, 0.5) is 10.2 Å². The standard InChI is InChI=1S/C21H19ClFN7O4/c1-12(9-31)33-10-16(20(32)29-17-5-4-13(23)7-25-17)34-21-14-8-28-30(18(14)26-11-27-21)19-15(22)3-2-6-24-19/h2-8,11-12,16,31H,9-10H2,1H3,(H,25,29,32)/t12?,16-/m0/s1. The maximum atomic E-state index is 13.1. The highest BCUT2D eigenvalue weighted by atomic mass is 35.5. The normalized spacial score (nSPS) is 12.9. The average molecular weight is 488 g/mol. The molecular formula is C21H19ClFN7O4. The largest absolute Gasteiger partial charge is 0.461 e. The van der Waals surface area contributed by atoms with Crippen LogP contribution < -0.4 is 10.1 Å². The fraction of sp³-hybridized carbons (Fsp3) is 0.238. The molecule has 0 aliphatic carbocycles. The van der Waals surface area contributed by atoms with Gasteiger partial charge in [-0.25, -0.2) is 24.3 Å². The molecule has 0 aliphatic rings. The number of rotatable bonds is 9. The lowest BCUT2D eigenvalue weighted by molar-refractivity contribution is -0.127. The number of fused-ring (bicyclic) bond motifs is 1. The molecule has 0 spiro atoms. The molecule has 1 amide bonds. The molecule has 4 heterocycles. The number of nitrogens with one attached hydrogen (secondary N) is 1. The quantitative estimate of drug-likeness (QED) is 0.364. The highest BCUT2D eigenvalue weighted by molar-refractivity contribution is 6.32. The summed E-state index contributed by atoms with van der Waals surface area (Å²) >= 11 is 6.24. The molecule has 13 heteroatoms. The molecule has 0 bridgehead atoms. The predicted octanol–water partition coefficient (Wildman–Crippen LogP) is 2.18. The van der Waals surface area contributed by atoms with Gasteiger partial charge < -0.3 is 19.9 Å². The molecule has 176 valence electrons. The fourth-order valence-corrected chi connectivity index (χ4v) is 3.07. The molecule has 0 fully saturated rings. The number of aliphatic hydroxyl groups is 1. The van der Waals surface area contributed by atoms with Crippen molar-refractivity contribution >= 4 is 34.4 Å². The smallest absolute Gasteiger partial charge is 0.269 e. The van der Waals surface area contributed by atoms with Crippen molar-refractivity contribution < 1.29 is 23.8 Å². The summed E-state index contributed by atoms with van der Waals surface area (Å²) in [4.78, 5) is 29.3. The minimum Gasteiger partial charge on any atom is -0.461 e. The van der Waals surface area contributed by atoms with Crippen molar-refractivity contribution in [2.45, 2.75) is 19.1 Å². The van der Waals surface area contributed by atoms with Crippen molar-refractivity contribution in [2.75, 3.05) is 18.5 Å². The summed E-state index contributed by atoms with van der Waals surface area (Å²) in [5.74, 6) is -0.604. The van der Waals surface area contributed by atoms with Gasteiger partial charge >= 0.3 is 0 Å². The van der Waals surface area contributed by atoms with E-state index in [0.717, 1.165) is 12.3 Å². The Morgan fingerprint density at radius 3 is 2.82 bits per heavy atom. The van der Waals surface area contributed by atoms with Gasteiger partial charge in [0.05, 0.1) is 36.7 Å². The first-order valence-corrected chi connectivity index (χ1v) is 10.4. The van der Waals surface area contributed by atoms with E-state index in [4.69, 9.17) is 21.1 Å². The van der Waals surface area contributed by atoms with Gasteiger partial charge in [-0.15, -0.1) is 0 Å². The summed E-state index contributed by atoms with van der Waals surface area (Å²) in [6.07, 6.45) is 3.52. The first-order chi connectivity index (χ1) is 16.5. The van der Waals surface area contributed by atoms with Gasteiger partial charge in [-0.2, -0.15) is 9.78 Å². The SMILES string of the molecule is CC(CO)OC[C@H](Oc1ncnc2c1cnn2-c1ncccc1Cl)C(=O)Nc1ccc(F)cn1. The molecule has 4 aromatic heterocycles. The molecule has 0 saturated carbocycles. The van der Waals surface area contributed by atoms with Crippen LogP contribution in [0.15, 0.2) is 49.2 Å². The molecule has 1 unspecified atom stereocenters. The van der Waals surface area contributed by atoms with E-state index in [9.17, 15) is 14.3 Å². The number of aliphatic hydroxyl groups excluding tert-OH is 1.